The van der Waals surface area contributed by atoms with Gasteiger partial charge in [0.05, 0.1) is 6.61 Å². The second-order valence-electron chi connectivity index (χ2n) is 4.58. The van der Waals surface area contributed by atoms with Crippen LogP contribution in [0.4, 0.5) is 0 Å². The van der Waals surface area contributed by atoms with E-state index in [1.54, 1.807) is 4.68 Å². The summed E-state index contributed by atoms with van der Waals surface area (Å²) in [7, 11) is 1.84. The molecule has 0 fully saturated rings. The predicted octanol–water partition coefficient (Wildman–Crippen LogP) is 1.90. The molecule has 0 spiro atoms. The molecule has 6 nitrogen and oxygen atoms in total. The Morgan fingerprint density at radius 2 is 2.05 bits per heavy atom. The van der Waals surface area contributed by atoms with E-state index in [9.17, 15) is 0 Å². The lowest BCUT2D eigenvalue weighted by Crippen LogP contribution is -2.12. The average molecular weight is 290 g/mol. The molecule has 0 aliphatic carbocycles. The monoisotopic (exact) mass is 290 g/mol. The van der Waals surface area contributed by atoms with Crippen LogP contribution in [0.25, 0.3) is 0 Å². The first kappa shape index (κ1) is 15.3. The maximum Gasteiger partial charge on any atom is 0.164 e. The minimum absolute atomic E-state index is 0.364. The molecule has 6 heteroatoms. The van der Waals surface area contributed by atoms with Crippen LogP contribution in [0.1, 0.15) is 25.2 Å². The molecule has 0 atom stereocenters. The van der Waals surface area contributed by atoms with Crippen LogP contribution in [0.3, 0.4) is 0 Å². The lowest BCUT2D eigenvalue weighted by molar-refractivity contribution is 0.259. The first-order valence-electron chi connectivity index (χ1n) is 7.16. The third kappa shape index (κ3) is 4.19. The van der Waals surface area contributed by atoms with Crippen molar-refractivity contribution in [1.29, 1.82) is 0 Å². The maximum atomic E-state index is 5.81. The zero-order valence-corrected chi connectivity index (χ0v) is 12.8. The van der Waals surface area contributed by atoms with Crippen LogP contribution in [0.2, 0.25) is 0 Å². The van der Waals surface area contributed by atoms with Crippen molar-refractivity contribution in [3.8, 4) is 11.5 Å². The molecule has 0 bridgehead atoms. The van der Waals surface area contributed by atoms with E-state index in [1.807, 2.05) is 32.2 Å². The quantitative estimate of drug-likeness (QED) is 0.804. The van der Waals surface area contributed by atoms with E-state index in [0.29, 0.717) is 13.2 Å². The lowest BCUT2D eigenvalue weighted by Gasteiger charge is -2.13. The van der Waals surface area contributed by atoms with Gasteiger partial charge in [-0.25, -0.2) is 4.98 Å². The van der Waals surface area contributed by atoms with Crippen molar-refractivity contribution in [3.05, 3.63) is 35.9 Å². The van der Waals surface area contributed by atoms with Crippen molar-refractivity contribution >= 4 is 0 Å². The predicted molar refractivity (Wildman–Crippen MR) is 80.3 cm³/mol. The molecule has 1 heterocycles. The smallest absolute Gasteiger partial charge is 0.164 e. The van der Waals surface area contributed by atoms with E-state index < -0.39 is 0 Å². The van der Waals surface area contributed by atoms with E-state index in [4.69, 9.17) is 9.47 Å². The van der Waals surface area contributed by atoms with Gasteiger partial charge in [0.2, 0.25) is 0 Å². The van der Waals surface area contributed by atoms with Gasteiger partial charge >= 0.3 is 0 Å². The zero-order valence-electron chi connectivity index (χ0n) is 12.8. The second kappa shape index (κ2) is 7.64. The van der Waals surface area contributed by atoms with Gasteiger partial charge in [0.1, 0.15) is 12.9 Å². The molecule has 0 aliphatic heterocycles. The highest BCUT2D eigenvalue weighted by molar-refractivity contribution is 5.43. The summed E-state index contributed by atoms with van der Waals surface area (Å²) < 4.78 is 13.2. The van der Waals surface area contributed by atoms with Gasteiger partial charge in [0.25, 0.3) is 0 Å². The first-order chi connectivity index (χ1) is 10.2. The summed E-state index contributed by atoms with van der Waals surface area (Å²) in [5.74, 6) is 2.25. The number of aromatic nitrogens is 3. The molecular formula is C15H22N4O2. The van der Waals surface area contributed by atoms with Crippen LogP contribution >= 0.6 is 0 Å². The summed E-state index contributed by atoms with van der Waals surface area (Å²) in [6.07, 6.45) is 1.52. The molecule has 2 aromatic rings. The van der Waals surface area contributed by atoms with Crippen molar-refractivity contribution in [2.45, 2.75) is 27.0 Å². The van der Waals surface area contributed by atoms with Gasteiger partial charge in [0.15, 0.2) is 17.3 Å². The summed E-state index contributed by atoms with van der Waals surface area (Å²) >= 11 is 0. The van der Waals surface area contributed by atoms with Crippen LogP contribution in [-0.4, -0.2) is 27.9 Å². The number of aryl methyl sites for hydroxylation is 1. The largest absolute Gasteiger partial charge is 0.490 e. The van der Waals surface area contributed by atoms with Crippen LogP contribution in [-0.2, 0) is 20.2 Å². The summed E-state index contributed by atoms with van der Waals surface area (Å²) in [5.41, 5.74) is 1.17. The van der Waals surface area contributed by atoms with Gasteiger partial charge in [-0.15, -0.1) is 0 Å². The zero-order chi connectivity index (χ0) is 15.1. The number of rotatable bonds is 8. The second-order valence-corrected chi connectivity index (χ2v) is 4.58. The Balaban J connectivity index is 2.08. The molecule has 0 saturated heterocycles. The van der Waals surface area contributed by atoms with Gasteiger partial charge in [-0.05, 0) is 31.2 Å². The maximum absolute atomic E-state index is 5.81. The van der Waals surface area contributed by atoms with E-state index in [1.165, 1.54) is 11.9 Å². The third-order valence-corrected chi connectivity index (χ3v) is 3.05. The Morgan fingerprint density at radius 3 is 2.71 bits per heavy atom. The standard InChI is InChI=1S/C15H22N4O2/c1-4-16-9-12-6-7-13(14(8-12)20-5-2)21-10-15-17-11-18-19(15)3/h6-8,11,16H,4-5,9-10H2,1-3H3. The van der Waals surface area contributed by atoms with Crippen molar-refractivity contribution in [1.82, 2.24) is 20.1 Å². The Kier molecular flexibility index (Phi) is 5.57. The van der Waals surface area contributed by atoms with Gasteiger partial charge < -0.3 is 14.8 Å². The van der Waals surface area contributed by atoms with Crippen LogP contribution in [0, 0.1) is 0 Å². The Morgan fingerprint density at radius 1 is 1.19 bits per heavy atom. The minimum atomic E-state index is 0.364. The van der Waals surface area contributed by atoms with Crippen molar-refractivity contribution < 1.29 is 9.47 Å². The normalized spacial score (nSPS) is 10.6. The molecule has 0 saturated carbocycles. The third-order valence-electron chi connectivity index (χ3n) is 3.05. The first-order valence-corrected chi connectivity index (χ1v) is 7.16. The van der Waals surface area contributed by atoms with Crippen molar-refractivity contribution in [3.63, 3.8) is 0 Å². The molecule has 1 N–H and O–H groups in total. The highest BCUT2D eigenvalue weighted by atomic mass is 16.5. The summed E-state index contributed by atoms with van der Waals surface area (Å²) in [6.45, 7) is 6.77. The van der Waals surface area contributed by atoms with E-state index >= 15 is 0 Å². The number of benzene rings is 1. The number of hydrogen-bond donors (Lipinski definition) is 1. The van der Waals surface area contributed by atoms with Crippen LogP contribution < -0.4 is 14.8 Å². The van der Waals surface area contributed by atoms with Crippen molar-refractivity contribution in [2.24, 2.45) is 7.05 Å². The number of nitrogens with one attached hydrogen (secondary N) is 1. The van der Waals surface area contributed by atoms with Crippen LogP contribution in [0.5, 0.6) is 11.5 Å². The summed E-state index contributed by atoms with van der Waals surface area (Å²) in [4.78, 5) is 4.14. The highest BCUT2D eigenvalue weighted by Crippen LogP contribution is 2.29. The lowest BCUT2D eigenvalue weighted by atomic mass is 10.2. The molecule has 1 aromatic carbocycles. The van der Waals surface area contributed by atoms with E-state index in [-0.39, 0.29) is 0 Å². The molecule has 114 valence electrons. The Hall–Kier alpha value is -2.08. The fourth-order valence-electron chi connectivity index (χ4n) is 1.91. The fourth-order valence-corrected chi connectivity index (χ4v) is 1.91. The topological polar surface area (TPSA) is 61.2 Å². The Bertz CT molecular complexity index is 569. The Labute approximate surface area is 125 Å². The molecular weight excluding hydrogens is 268 g/mol. The molecule has 1 aromatic heterocycles. The molecule has 0 amide bonds. The molecule has 0 radical (unpaired) electrons. The molecule has 2 rings (SSSR count). The highest BCUT2D eigenvalue weighted by Gasteiger charge is 2.08. The molecule has 0 aliphatic rings. The number of nitrogens with zero attached hydrogens (tertiary/aromatic N) is 3. The van der Waals surface area contributed by atoms with Gasteiger partial charge in [-0.1, -0.05) is 13.0 Å². The SMILES string of the molecule is CCNCc1ccc(OCc2ncnn2C)c(OCC)c1. The summed E-state index contributed by atoms with van der Waals surface area (Å²) in [6, 6.07) is 5.99. The summed E-state index contributed by atoms with van der Waals surface area (Å²) in [5, 5.41) is 7.32. The van der Waals surface area contributed by atoms with Crippen LogP contribution in [0.15, 0.2) is 24.5 Å². The fraction of sp³-hybridized carbons (Fsp3) is 0.467. The minimum Gasteiger partial charge on any atom is -0.490 e. The van der Waals surface area contributed by atoms with Gasteiger partial charge in [-0.2, -0.15) is 5.10 Å². The molecule has 0 unspecified atom stereocenters. The average Bonchev–Trinajstić information content (AvgIpc) is 2.90. The number of hydrogen-bond acceptors (Lipinski definition) is 5. The molecule has 21 heavy (non-hydrogen) atoms. The van der Waals surface area contributed by atoms with Gasteiger partial charge in [0, 0.05) is 13.6 Å². The van der Waals surface area contributed by atoms with E-state index in [0.717, 1.165) is 30.4 Å². The number of ether oxygens (including phenoxy) is 2. The van der Waals surface area contributed by atoms with Crippen molar-refractivity contribution in [2.75, 3.05) is 13.2 Å². The van der Waals surface area contributed by atoms with Gasteiger partial charge in [-0.3, -0.25) is 4.68 Å². The van der Waals surface area contributed by atoms with E-state index in [2.05, 4.69) is 22.3 Å².